The number of nitrogens with zero attached hydrogens (tertiary/aromatic N) is 5. The maximum Gasteiger partial charge on any atom is 0.225 e. The number of nitrogen functional groups attached to an aromatic ring is 1. The van der Waals surface area contributed by atoms with Crippen LogP contribution in [0, 0.1) is 11.6 Å². The molecule has 3 heterocycles. The minimum Gasteiger partial charge on any atom is -0.497 e. The van der Waals surface area contributed by atoms with Crippen LogP contribution in [0.2, 0.25) is 0 Å². The number of pyridine rings is 1. The molecular weight excluding hydrogens is 440 g/mol. The largest absolute Gasteiger partial charge is 0.497 e. The minimum absolute atomic E-state index is 0.157. The van der Waals surface area contributed by atoms with Gasteiger partial charge in [-0.3, -0.25) is 4.98 Å². The van der Waals surface area contributed by atoms with Gasteiger partial charge in [-0.1, -0.05) is 12.1 Å². The van der Waals surface area contributed by atoms with E-state index < -0.39 is 11.6 Å². The number of benzene rings is 2. The van der Waals surface area contributed by atoms with Crippen LogP contribution in [0.25, 0.3) is 28.0 Å². The molecule has 0 aliphatic heterocycles. The predicted octanol–water partition coefficient (Wildman–Crippen LogP) is 4.36. The van der Waals surface area contributed by atoms with Crippen molar-refractivity contribution in [3.63, 3.8) is 0 Å². The van der Waals surface area contributed by atoms with E-state index in [1.807, 2.05) is 12.1 Å². The van der Waals surface area contributed by atoms with Gasteiger partial charge in [-0.05, 0) is 42.0 Å². The summed E-state index contributed by atoms with van der Waals surface area (Å²) in [7, 11) is 1.46. The van der Waals surface area contributed by atoms with Crippen LogP contribution in [-0.4, -0.2) is 31.8 Å². The summed E-state index contributed by atoms with van der Waals surface area (Å²) < 4.78 is 35.4. The third kappa shape index (κ3) is 3.96. The van der Waals surface area contributed by atoms with Crippen molar-refractivity contribution in [3.05, 3.63) is 84.2 Å². The standard InChI is InChI=1S/C24H19F2N7O/c1-34-17-7-8-18(19(26)11-17)21-20-22(27)33(16-6-2-5-15(25)10-16)32-23(20)31-24(30-21)29-13-14-4-3-9-28-12-14/h2-12H,13,27H2,1H3,(H,29,31,32). The van der Waals surface area contributed by atoms with Crippen LogP contribution >= 0.6 is 0 Å². The van der Waals surface area contributed by atoms with E-state index >= 15 is 4.39 Å². The molecule has 0 bridgehead atoms. The van der Waals surface area contributed by atoms with Crippen LogP contribution in [0.4, 0.5) is 20.5 Å². The van der Waals surface area contributed by atoms with E-state index in [1.54, 1.807) is 36.7 Å². The smallest absolute Gasteiger partial charge is 0.225 e. The number of rotatable bonds is 6. The highest BCUT2D eigenvalue weighted by molar-refractivity contribution is 5.99. The maximum absolute atomic E-state index is 15.1. The molecule has 0 spiro atoms. The Morgan fingerprint density at radius 3 is 2.68 bits per heavy atom. The molecule has 34 heavy (non-hydrogen) atoms. The van der Waals surface area contributed by atoms with Gasteiger partial charge in [0.2, 0.25) is 5.95 Å². The molecule has 0 aliphatic carbocycles. The topological polar surface area (TPSA) is 104 Å². The van der Waals surface area contributed by atoms with E-state index in [-0.39, 0.29) is 28.7 Å². The van der Waals surface area contributed by atoms with Gasteiger partial charge in [0.15, 0.2) is 5.65 Å². The summed E-state index contributed by atoms with van der Waals surface area (Å²) in [5.74, 6) is -0.238. The Hall–Kier alpha value is -4.60. The van der Waals surface area contributed by atoms with Crippen molar-refractivity contribution in [1.29, 1.82) is 0 Å². The van der Waals surface area contributed by atoms with E-state index in [0.29, 0.717) is 23.4 Å². The van der Waals surface area contributed by atoms with Gasteiger partial charge in [-0.2, -0.15) is 4.98 Å². The molecule has 10 heteroatoms. The number of hydrogen-bond donors (Lipinski definition) is 2. The van der Waals surface area contributed by atoms with Crippen molar-refractivity contribution in [2.45, 2.75) is 6.54 Å². The van der Waals surface area contributed by atoms with Gasteiger partial charge in [0.05, 0.1) is 23.9 Å². The van der Waals surface area contributed by atoms with Crippen LogP contribution in [-0.2, 0) is 6.54 Å². The summed E-state index contributed by atoms with van der Waals surface area (Å²) in [6.45, 7) is 0.393. The lowest BCUT2D eigenvalue weighted by molar-refractivity contribution is 0.411. The molecule has 0 saturated heterocycles. The summed E-state index contributed by atoms with van der Waals surface area (Å²) in [5, 5.41) is 7.93. The molecule has 0 amide bonds. The van der Waals surface area contributed by atoms with Gasteiger partial charge < -0.3 is 15.8 Å². The number of aromatic nitrogens is 5. The van der Waals surface area contributed by atoms with E-state index in [0.717, 1.165) is 5.56 Å². The van der Waals surface area contributed by atoms with Gasteiger partial charge >= 0.3 is 0 Å². The Balaban J connectivity index is 1.68. The van der Waals surface area contributed by atoms with Crippen molar-refractivity contribution >= 4 is 22.8 Å². The third-order valence-electron chi connectivity index (χ3n) is 5.23. The molecule has 170 valence electrons. The zero-order valence-corrected chi connectivity index (χ0v) is 18.0. The van der Waals surface area contributed by atoms with Gasteiger partial charge in [-0.15, -0.1) is 5.10 Å². The van der Waals surface area contributed by atoms with Gasteiger partial charge in [0.1, 0.15) is 23.2 Å². The third-order valence-corrected chi connectivity index (χ3v) is 5.23. The molecular formula is C24H19F2N7O. The van der Waals surface area contributed by atoms with E-state index in [1.165, 1.54) is 30.0 Å². The van der Waals surface area contributed by atoms with E-state index in [4.69, 9.17) is 10.5 Å². The molecule has 5 aromatic rings. The Morgan fingerprint density at radius 2 is 1.94 bits per heavy atom. The second-order valence-electron chi connectivity index (χ2n) is 7.43. The van der Waals surface area contributed by atoms with Gasteiger partial charge in [0.25, 0.3) is 0 Å². The maximum atomic E-state index is 15.1. The highest BCUT2D eigenvalue weighted by Gasteiger charge is 2.21. The highest BCUT2D eigenvalue weighted by atomic mass is 19.1. The SMILES string of the molecule is COc1ccc(-c2nc(NCc3cccnc3)nc3nn(-c4cccc(F)c4)c(N)c23)c(F)c1. The lowest BCUT2D eigenvalue weighted by Gasteiger charge is -2.10. The Kier molecular flexibility index (Phi) is 5.46. The first kappa shape index (κ1) is 21.3. The molecule has 0 saturated carbocycles. The van der Waals surface area contributed by atoms with Crippen molar-refractivity contribution in [1.82, 2.24) is 24.7 Å². The zero-order chi connectivity index (χ0) is 23.7. The highest BCUT2D eigenvalue weighted by Crippen LogP contribution is 2.35. The zero-order valence-electron chi connectivity index (χ0n) is 18.0. The number of hydrogen-bond acceptors (Lipinski definition) is 7. The summed E-state index contributed by atoms with van der Waals surface area (Å²) in [4.78, 5) is 13.1. The Labute approximate surface area is 193 Å². The van der Waals surface area contributed by atoms with E-state index in [2.05, 4.69) is 25.4 Å². The second-order valence-corrected chi connectivity index (χ2v) is 7.43. The number of nitrogens with two attached hydrogens (primary N) is 1. The van der Waals surface area contributed by atoms with Gasteiger partial charge in [0, 0.05) is 30.6 Å². The molecule has 8 nitrogen and oxygen atoms in total. The molecule has 5 rings (SSSR count). The summed E-state index contributed by atoms with van der Waals surface area (Å²) in [6, 6.07) is 14.0. The summed E-state index contributed by atoms with van der Waals surface area (Å²) in [5.41, 5.74) is 8.40. The Morgan fingerprint density at radius 1 is 1.06 bits per heavy atom. The second kappa shape index (κ2) is 8.74. The first-order chi connectivity index (χ1) is 16.5. The van der Waals surface area contributed by atoms with Crippen LogP contribution in [0.3, 0.4) is 0 Å². The molecule has 3 N–H and O–H groups in total. The molecule has 0 atom stereocenters. The normalized spacial score (nSPS) is 11.0. The fourth-order valence-corrected chi connectivity index (χ4v) is 3.59. The molecule has 0 fully saturated rings. The van der Waals surface area contributed by atoms with Crippen LogP contribution in [0.15, 0.2) is 67.0 Å². The van der Waals surface area contributed by atoms with Crippen LogP contribution in [0.1, 0.15) is 5.56 Å². The van der Waals surface area contributed by atoms with Crippen LogP contribution < -0.4 is 15.8 Å². The number of anilines is 2. The summed E-state index contributed by atoms with van der Waals surface area (Å²) >= 11 is 0. The number of ether oxygens (including phenoxy) is 1. The number of methoxy groups -OCH3 is 1. The fraction of sp³-hybridized carbons (Fsp3) is 0.0833. The van der Waals surface area contributed by atoms with E-state index in [9.17, 15) is 4.39 Å². The fourth-order valence-electron chi connectivity index (χ4n) is 3.59. The number of nitrogens with one attached hydrogen (secondary N) is 1. The number of halogens is 2. The van der Waals surface area contributed by atoms with Crippen molar-refractivity contribution in [2.24, 2.45) is 0 Å². The van der Waals surface area contributed by atoms with Gasteiger partial charge in [-0.25, -0.2) is 18.4 Å². The monoisotopic (exact) mass is 459 g/mol. The molecule has 0 radical (unpaired) electrons. The average molecular weight is 459 g/mol. The lowest BCUT2D eigenvalue weighted by atomic mass is 10.1. The predicted molar refractivity (Wildman–Crippen MR) is 125 cm³/mol. The molecule has 0 unspecified atom stereocenters. The first-order valence-corrected chi connectivity index (χ1v) is 10.3. The first-order valence-electron chi connectivity index (χ1n) is 10.3. The average Bonchev–Trinajstić information content (AvgIpc) is 3.19. The summed E-state index contributed by atoms with van der Waals surface area (Å²) in [6.07, 6.45) is 3.39. The number of fused-ring (bicyclic) bond motifs is 1. The van der Waals surface area contributed by atoms with Crippen molar-refractivity contribution < 1.29 is 13.5 Å². The quantitative estimate of drug-likeness (QED) is 0.389. The molecule has 0 aliphatic rings. The molecule has 2 aromatic carbocycles. The molecule has 3 aromatic heterocycles. The van der Waals surface area contributed by atoms with Crippen LogP contribution in [0.5, 0.6) is 5.75 Å². The van der Waals surface area contributed by atoms with Crippen molar-refractivity contribution in [2.75, 3.05) is 18.2 Å². The minimum atomic E-state index is -0.546. The Bertz CT molecular complexity index is 1490. The lowest BCUT2D eigenvalue weighted by Crippen LogP contribution is -2.05. The van der Waals surface area contributed by atoms with Crippen molar-refractivity contribution in [3.8, 4) is 22.7 Å².